The van der Waals surface area contributed by atoms with E-state index in [0.717, 1.165) is 0 Å². The molecule has 0 aliphatic rings. The Morgan fingerprint density at radius 3 is 2.60 bits per heavy atom. The molecule has 0 unspecified atom stereocenters. The van der Waals surface area contributed by atoms with Crippen LogP contribution in [0.5, 0.6) is 0 Å². The monoisotopic (exact) mass is 205 g/mol. The van der Waals surface area contributed by atoms with Gasteiger partial charge in [0.1, 0.15) is 6.29 Å². The van der Waals surface area contributed by atoms with Crippen molar-refractivity contribution in [3.63, 3.8) is 0 Å². The Morgan fingerprint density at radius 2 is 2.00 bits per heavy atom. The third kappa shape index (κ3) is 2.49. The van der Waals surface area contributed by atoms with Crippen LogP contribution in [0, 0.1) is 0 Å². The van der Waals surface area contributed by atoms with Gasteiger partial charge in [-0.3, -0.25) is 9.59 Å². The predicted molar refractivity (Wildman–Crippen MR) is 54.9 cm³/mol. The molecule has 0 atom stereocenters. The SMILES string of the molecule is CN(CC=O)C(=O)c1ccccc1C=O. The maximum atomic E-state index is 11.7. The summed E-state index contributed by atoms with van der Waals surface area (Å²) in [5, 5.41) is 0. The molecule has 0 heterocycles. The van der Waals surface area contributed by atoms with Gasteiger partial charge in [-0.25, -0.2) is 0 Å². The molecule has 0 aromatic heterocycles. The number of nitrogens with zero attached hydrogens (tertiary/aromatic N) is 1. The molecule has 0 aliphatic heterocycles. The second kappa shape index (κ2) is 5.05. The van der Waals surface area contributed by atoms with Crippen molar-refractivity contribution in [1.82, 2.24) is 4.90 Å². The van der Waals surface area contributed by atoms with E-state index in [2.05, 4.69) is 0 Å². The first-order valence-electron chi connectivity index (χ1n) is 4.44. The highest BCUT2D eigenvalue weighted by atomic mass is 16.2. The molecule has 0 saturated heterocycles. The fraction of sp³-hybridized carbons (Fsp3) is 0.182. The number of carbonyl (C=O) groups is 3. The molecular formula is C11H11NO3. The molecule has 1 rings (SSSR count). The lowest BCUT2D eigenvalue weighted by molar-refractivity contribution is -0.108. The van der Waals surface area contributed by atoms with Crippen molar-refractivity contribution < 1.29 is 14.4 Å². The Bertz CT molecular complexity index is 387. The topological polar surface area (TPSA) is 54.5 Å². The minimum Gasteiger partial charge on any atom is -0.335 e. The van der Waals surface area contributed by atoms with Gasteiger partial charge < -0.3 is 9.69 Å². The van der Waals surface area contributed by atoms with Gasteiger partial charge in [-0.05, 0) is 6.07 Å². The summed E-state index contributed by atoms with van der Waals surface area (Å²) < 4.78 is 0. The zero-order valence-electron chi connectivity index (χ0n) is 8.34. The molecule has 0 fully saturated rings. The van der Waals surface area contributed by atoms with Gasteiger partial charge in [0, 0.05) is 12.6 Å². The van der Waals surface area contributed by atoms with E-state index in [1.54, 1.807) is 24.3 Å². The van der Waals surface area contributed by atoms with E-state index < -0.39 is 0 Å². The van der Waals surface area contributed by atoms with E-state index in [4.69, 9.17) is 0 Å². The van der Waals surface area contributed by atoms with E-state index in [1.807, 2.05) is 0 Å². The first kappa shape index (κ1) is 11.1. The molecule has 1 aromatic carbocycles. The molecule has 1 amide bonds. The van der Waals surface area contributed by atoms with Gasteiger partial charge in [-0.2, -0.15) is 0 Å². The molecule has 0 aliphatic carbocycles. The Labute approximate surface area is 87.5 Å². The van der Waals surface area contributed by atoms with E-state index in [1.165, 1.54) is 11.9 Å². The fourth-order valence-electron chi connectivity index (χ4n) is 1.19. The average Bonchev–Trinajstić information content (AvgIpc) is 2.28. The number of amides is 1. The van der Waals surface area contributed by atoms with Crippen molar-refractivity contribution in [2.24, 2.45) is 0 Å². The van der Waals surface area contributed by atoms with E-state index in [9.17, 15) is 14.4 Å². The van der Waals surface area contributed by atoms with Crippen molar-refractivity contribution in [1.29, 1.82) is 0 Å². The molecule has 1 aromatic rings. The summed E-state index contributed by atoms with van der Waals surface area (Å²) >= 11 is 0. The quantitative estimate of drug-likeness (QED) is 0.682. The third-order valence-electron chi connectivity index (χ3n) is 2.01. The van der Waals surface area contributed by atoms with Crippen molar-refractivity contribution in [3.8, 4) is 0 Å². The second-order valence-corrected chi connectivity index (χ2v) is 3.06. The fourth-order valence-corrected chi connectivity index (χ4v) is 1.19. The zero-order valence-corrected chi connectivity index (χ0v) is 8.34. The number of likely N-dealkylation sites (N-methyl/N-ethyl adjacent to an activating group) is 1. The van der Waals surface area contributed by atoms with Crippen LogP contribution in [0.1, 0.15) is 20.7 Å². The number of hydrogen-bond donors (Lipinski definition) is 0. The van der Waals surface area contributed by atoms with E-state index >= 15 is 0 Å². The lowest BCUT2D eigenvalue weighted by atomic mass is 10.1. The number of rotatable bonds is 4. The summed E-state index contributed by atoms with van der Waals surface area (Å²) in [7, 11) is 1.51. The highest BCUT2D eigenvalue weighted by Crippen LogP contribution is 2.08. The summed E-state index contributed by atoms with van der Waals surface area (Å²) in [6, 6.07) is 6.48. The molecule has 4 heteroatoms. The Kier molecular flexibility index (Phi) is 3.74. The van der Waals surface area contributed by atoms with Crippen molar-refractivity contribution in [2.45, 2.75) is 0 Å². The maximum absolute atomic E-state index is 11.7. The third-order valence-corrected chi connectivity index (χ3v) is 2.01. The molecule has 0 spiro atoms. The van der Waals surface area contributed by atoms with Crippen LogP contribution in [0.25, 0.3) is 0 Å². The average molecular weight is 205 g/mol. The molecule has 0 bridgehead atoms. The van der Waals surface area contributed by atoms with Gasteiger partial charge in [0.05, 0.1) is 12.1 Å². The van der Waals surface area contributed by atoms with E-state index in [0.29, 0.717) is 23.7 Å². The number of carbonyl (C=O) groups excluding carboxylic acids is 3. The van der Waals surface area contributed by atoms with Crippen LogP contribution in [-0.4, -0.2) is 37.0 Å². The number of benzene rings is 1. The zero-order chi connectivity index (χ0) is 11.3. The summed E-state index contributed by atoms with van der Waals surface area (Å²) in [6.45, 7) is 0.0199. The summed E-state index contributed by atoms with van der Waals surface area (Å²) in [5.74, 6) is -0.329. The molecule has 0 N–H and O–H groups in total. The highest BCUT2D eigenvalue weighted by molar-refractivity contribution is 6.01. The lowest BCUT2D eigenvalue weighted by Crippen LogP contribution is -2.29. The second-order valence-electron chi connectivity index (χ2n) is 3.06. The van der Waals surface area contributed by atoms with Gasteiger partial charge in [-0.15, -0.1) is 0 Å². The smallest absolute Gasteiger partial charge is 0.254 e. The molecule has 78 valence electrons. The number of hydrogen-bond acceptors (Lipinski definition) is 3. The van der Waals surface area contributed by atoms with Crippen LogP contribution < -0.4 is 0 Å². The van der Waals surface area contributed by atoms with Crippen LogP contribution in [-0.2, 0) is 4.79 Å². The largest absolute Gasteiger partial charge is 0.335 e. The van der Waals surface area contributed by atoms with Gasteiger partial charge in [0.2, 0.25) is 0 Å². The van der Waals surface area contributed by atoms with Crippen LogP contribution in [0.15, 0.2) is 24.3 Å². The van der Waals surface area contributed by atoms with Crippen LogP contribution in [0.2, 0.25) is 0 Å². The van der Waals surface area contributed by atoms with Crippen LogP contribution >= 0.6 is 0 Å². The van der Waals surface area contributed by atoms with Crippen LogP contribution in [0.4, 0.5) is 0 Å². The van der Waals surface area contributed by atoms with Crippen molar-refractivity contribution >= 4 is 18.5 Å². The van der Waals surface area contributed by atoms with Crippen LogP contribution in [0.3, 0.4) is 0 Å². The van der Waals surface area contributed by atoms with Gasteiger partial charge in [-0.1, -0.05) is 18.2 Å². The lowest BCUT2D eigenvalue weighted by Gasteiger charge is -2.14. The highest BCUT2D eigenvalue weighted by Gasteiger charge is 2.14. The van der Waals surface area contributed by atoms with E-state index in [-0.39, 0.29) is 12.5 Å². The minimum atomic E-state index is -0.329. The van der Waals surface area contributed by atoms with Crippen molar-refractivity contribution in [2.75, 3.05) is 13.6 Å². The molecule has 4 nitrogen and oxygen atoms in total. The van der Waals surface area contributed by atoms with Gasteiger partial charge in [0.25, 0.3) is 5.91 Å². The Morgan fingerprint density at radius 1 is 1.33 bits per heavy atom. The first-order valence-corrected chi connectivity index (χ1v) is 4.44. The minimum absolute atomic E-state index is 0.0199. The molecular weight excluding hydrogens is 194 g/mol. The summed E-state index contributed by atoms with van der Waals surface area (Å²) in [5.41, 5.74) is 0.650. The van der Waals surface area contributed by atoms with Gasteiger partial charge in [0.15, 0.2) is 6.29 Å². The van der Waals surface area contributed by atoms with Gasteiger partial charge >= 0.3 is 0 Å². The maximum Gasteiger partial charge on any atom is 0.254 e. The molecule has 0 saturated carbocycles. The normalized spacial score (nSPS) is 9.40. The molecule has 15 heavy (non-hydrogen) atoms. The molecule has 0 radical (unpaired) electrons. The number of aldehydes is 2. The van der Waals surface area contributed by atoms with Crippen molar-refractivity contribution in [3.05, 3.63) is 35.4 Å². The summed E-state index contributed by atoms with van der Waals surface area (Å²) in [4.78, 5) is 33.9. The first-order chi connectivity index (χ1) is 7.20. The summed E-state index contributed by atoms with van der Waals surface area (Å²) in [6.07, 6.45) is 1.27. The Balaban J connectivity index is 2.99. The predicted octanol–water partition coefficient (Wildman–Crippen LogP) is 0.770. The Hall–Kier alpha value is -1.97. The standard InChI is InChI=1S/C11H11NO3/c1-12(6-7-13)11(15)10-5-3-2-4-9(10)8-14/h2-5,7-8H,6H2,1H3.